The summed E-state index contributed by atoms with van der Waals surface area (Å²) in [6, 6.07) is 3.58. The maximum Gasteiger partial charge on any atom is 0.133 e. The number of rotatable bonds is 4. The monoisotopic (exact) mass is 225 g/mol. The molecular formula is C12H19NO3. The Kier molecular flexibility index (Phi) is 3.63. The van der Waals surface area contributed by atoms with Crippen LogP contribution in [0, 0.1) is 0 Å². The van der Waals surface area contributed by atoms with Gasteiger partial charge < -0.3 is 19.6 Å². The highest BCUT2D eigenvalue weighted by Crippen LogP contribution is 2.21. The van der Waals surface area contributed by atoms with Crippen molar-refractivity contribution >= 4 is 0 Å². The summed E-state index contributed by atoms with van der Waals surface area (Å²) in [5, 5.41) is 13.3. The summed E-state index contributed by atoms with van der Waals surface area (Å²) < 4.78 is 10.5. The molecule has 0 spiro atoms. The zero-order chi connectivity index (χ0) is 11.4. The van der Waals surface area contributed by atoms with Crippen molar-refractivity contribution in [3.8, 4) is 0 Å². The van der Waals surface area contributed by atoms with Crippen LogP contribution in [0.4, 0.5) is 0 Å². The van der Waals surface area contributed by atoms with Gasteiger partial charge in [-0.25, -0.2) is 0 Å². The average molecular weight is 225 g/mol. The van der Waals surface area contributed by atoms with Gasteiger partial charge in [0, 0.05) is 25.3 Å². The highest BCUT2D eigenvalue weighted by atomic mass is 16.5. The zero-order valence-electron chi connectivity index (χ0n) is 9.61. The normalized spacial score (nSPS) is 21.9. The number of hydrogen-bond donors (Lipinski definition) is 2. The van der Waals surface area contributed by atoms with Crippen LogP contribution in [0.15, 0.2) is 22.8 Å². The number of ether oxygens (including phenoxy) is 1. The molecule has 0 saturated carbocycles. The molecule has 1 aromatic heterocycles. The van der Waals surface area contributed by atoms with Crippen LogP contribution in [0.5, 0.6) is 0 Å². The lowest BCUT2D eigenvalue weighted by molar-refractivity contribution is 0.0372. The fourth-order valence-corrected chi connectivity index (χ4v) is 1.92. The SMILES string of the molecule is CC1(NCC(O)c2ccco2)CCOCC1. The number of β-amino-alcohol motifs (C(OH)–C–C–N with tert-alkyl or cyclic N) is 1. The first-order valence-corrected chi connectivity index (χ1v) is 5.74. The van der Waals surface area contributed by atoms with Crippen LogP contribution in [0.25, 0.3) is 0 Å². The zero-order valence-corrected chi connectivity index (χ0v) is 9.61. The molecule has 0 aliphatic carbocycles. The van der Waals surface area contributed by atoms with Gasteiger partial charge in [0.2, 0.25) is 0 Å². The Balaban J connectivity index is 1.82. The van der Waals surface area contributed by atoms with Crippen molar-refractivity contribution in [3.63, 3.8) is 0 Å². The first-order chi connectivity index (χ1) is 7.70. The Morgan fingerprint density at radius 3 is 2.88 bits per heavy atom. The van der Waals surface area contributed by atoms with Gasteiger partial charge >= 0.3 is 0 Å². The predicted octanol–water partition coefficient (Wildman–Crippen LogP) is 1.47. The maximum absolute atomic E-state index is 9.87. The fraction of sp³-hybridized carbons (Fsp3) is 0.667. The van der Waals surface area contributed by atoms with Crippen LogP contribution in [-0.4, -0.2) is 30.4 Å². The second-order valence-electron chi connectivity index (χ2n) is 4.59. The summed E-state index contributed by atoms with van der Waals surface area (Å²) in [4.78, 5) is 0. The predicted molar refractivity (Wildman–Crippen MR) is 60.1 cm³/mol. The van der Waals surface area contributed by atoms with Gasteiger partial charge in [-0.15, -0.1) is 0 Å². The van der Waals surface area contributed by atoms with Crippen molar-refractivity contribution in [1.82, 2.24) is 5.32 Å². The molecule has 16 heavy (non-hydrogen) atoms. The van der Waals surface area contributed by atoms with Gasteiger partial charge in [0.05, 0.1) is 6.26 Å². The van der Waals surface area contributed by atoms with Crippen molar-refractivity contribution in [1.29, 1.82) is 0 Å². The van der Waals surface area contributed by atoms with E-state index in [2.05, 4.69) is 12.2 Å². The van der Waals surface area contributed by atoms with Gasteiger partial charge in [-0.05, 0) is 31.9 Å². The quantitative estimate of drug-likeness (QED) is 0.814. The van der Waals surface area contributed by atoms with E-state index in [1.807, 2.05) is 0 Å². The second kappa shape index (κ2) is 4.99. The second-order valence-corrected chi connectivity index (χ2v) is 4.59. The average Bonchev–Trinajstić information content (AvgIpc) is 2.80. The third-order valence-corrected chi connectivity index (χ3v) is 3.19. The number of aliphatic hydroxyl groups is 1. The summed E-state index contributed by atoms with van der Waals surface area (Å²) in [5.74, 6) is 0.614. The Morgan fingerprint density at radius 2 is 2.25 bits per heavy atom. The molecule has 0 aromatic carbocycles. The Labute approximate surface area is 95.6 Å². The number of aliphatic hydroxyl groups excluding tert-OH is 1. The van der Waals surface area contributed by atoms with Gasteiger partial charge in [-0.2, -0.15) is 0 Å². The third kappa shape index (κ3) is 2.84. The molecule has 2 heterocycles. The molecule has 2 rings (SSSR count). The van der Waals surface area contributed by atoms with Crippen LogP contribution in [-0.2, 0) is 4.74 Å². The molecule has 1 aliphatic rings. The van der Waals surface area contributed by atoms with E-state index in [-0.39, 0.29) is 5.54 Å². The van der Waals surface area contributed by atoms with Crippen LogP contribution in [0.3, 0.4) is 0 Å². The summed E-state index contributed by atoms with van der Waals surface area (Å²) in [6.07, 6.45) is 2.97. The van der Waals surface area contributed by atoms with E-state index in [1.54, 1.807) is 18.4 Å². The molecule has 1 saturated heterocycles. The molecule has 4 nitrogen and oxygen atoms in total. The molecule has 90 valence electrons. The van der Waals surface area contributed by atoms with Crippen molar-refractivity contribution < 1.29 is 14.3 Å². The van der Waals surface area contributed by atoms with Gasteiger partial charge in [-0.3, -0.25) is 0 Å². The van der Waals surface area contributed by atoms with Crippen molar-refractivity contribution in [2.75, 3.05) is 19.8 Å². The highest BCUT2D eigenvalue weighted by Gasteiger charge is 2.27. The van der Waals surface area contributed by atoms with E-state index in [4.69, 9.17) is 9.15 Å². The fourth-order valence-electron chi connectivity index (χ4n) is 1.92. The summed E-state index contributed by atoms with van der Waals surface area (Å²) >= 11 is 0. The lowest BCUT2D eigenvalue weighted by Gasteiger charge is -2.35. The molecule has 2 N–H and O–H groups in total. The van der Waals surface area contributed by atoms with Crippen molar-refractivity contribution in [2.45, 2.75) is 31.4 Å². The standard InChI is InChI=1S/C12H19NO3/c1-12(4-7-15-8-5-12)13-9-10(14)11-3-2-6-16-11/h2-3,6,10,13-14H,4-5,7-9H2,1H3. The van der Waals surface area contributed by atoms with E-state index in [0.29, 0.717) is 12.3 Å². The highest BCUT2D eigenvalue weighted by molar-refractivity contribution is 5.02. The van der Waals surface area contributed by atoms with Gasteiger partial charge in [0.25, 0.3) is 0 Å². The van der Waals surface area contributed by atoms with Crippen LogP contribution in [0.2, 0.25) is 0 Å². The Hall–Kier alpha value is -0.840. The number of nitrogens with one attached hydrogen (secondary N) is 1. The van der Waals surface area contributed by atoms with Gasteiger partial charge in [0.1, 0.15) is 11.9 Å². The molecule has 4 heteroatoms. The van der Waals surface area contributed by atoms with Crippen molar-refractivity contribution in [3.05, 3.63) is 24.2 Å². The van der Waals surface area contributed by atoms with Gasteiger partial charge in [-0.1, -0.05) is 0 Å². The summed E-state index contributed by atoms with van der Waals surface area (Å²) in [7, 11) is 0. The third-order valence-electron chi connectivity index (χ3n) is 3.19. The summed E-state index contributed by atoms with van der Waals surface area (Å²) in [6.45, 7) is 4.27. The molecule has 1 unspecified atom stereocenters. The first kappa shape index (κ1) is 11.6. The van der Waals surface area contributed by atoms with E-state index in [1.165, 1.54) is 0 Å². The molecule has 0 radical (unpaired) electrons. The van der Waals surface area contributed by atoms with Crippen LogP contribution in [0.1, 0.15) is 31.6 Å². The first-order valence-electron chi connectivity index (χ1n) is 5.74. The Morgan fingerprint density at radius 1 is 1.50 bits per heavy atom. The van der Waals surface area contributed by atoms with Gasteiger partial charge in [0.15, 0.2) is 0 Å². The molecule has 1 aromatic rings. The van der Waals surface area contributed by atoms with E-state index in [0.717, 1.165) is 26.1 Å². The van der Waals surface area contributed by atoms with Crippen LogP contribution < -0.4 is 5.32 Å². The molecule has 1 atom stereocenters. The molecule has 0 amide bonds. The minimum atomic E-state index is -0.574. The number of hydrogen-bond acceptors (Lipinski definition) is 4. The topological polar surface area (TPSA) is 54.6 Å². The molecule has 1 fully saturated rings. The molecule has 0 bridgehead atoms. The summed E-state index contributed by atoms with van der Waals surface area (Å²) in [5.41, 5.74) is 0.0752. The Bertz CT molecular complexity index is 304. The van der Waals surface area contributed by atoms with Crippen LogP contribution >= 0.6 is 0 Å². The smallest absolute Gasteiger partial charge is 0.133 e. The number of furan rings is 1. The largest absolute Gasteiger partial charge is 0.467 e. The van der Waals surface area contributed by atoms with Crippen molar-refractivity contribution in [2.24, 2.45) is 0 Å². The molecular weight excluding hydrogens is 206 g/mol. The lowest BCUT2D eigenvalue weighted by atomic mass is 9.92. The van der Waals surface area contributed by atoms with E-state index < -0.39 is 6.10 Å². The van der Waals surface area contributed by atoms with E-state index in [9.17, 15) is 5.11 Å². The minimum absolute atomic E-state index is 0.0752. The minimum Gasteiger partial charge on any atom is -0.467 e. The lowest BCUT2D eigenvalue weighted by Crippen LogP contribution is -2.48. The molecule has 1 aliphatic heterocycles. The van der Waals surface area contributed by atoms with E-state index >= 15 is 0 Å². The maximum atomic E-state index is 9.87.